The van der Waals surface area contributed by atoms with Gasteiger partial charge in [-0.15, -0.1) is 0 Å². The highest BCUT2D eigenvalue weighted by atomic mass is 35.5. The van der Waals surface area contributed by atoms with Gasteiger partial charge in [0.25, 0.3) is 11.8 Å². The molecule has 3 aromatic rings. The van der Waals surface area contributed by atoms with Crippen LogP contribution in [0.2, 0.25) is 5.02 Å². The SMILES string of the molecule is CCN(CC)S(=O)(=O)c1cccc(C(=O)Nc2ccccc2C(=O)Nc2ccc(Cl)cc2)c1. The first-order valence-corrected chi connectivity index (χ1v) is 12.2. The van der Waals surface area contributed by atoms with Gasteiger partial charge in [0, 0.05) is 29.4 Å². The number of nitrogens with zero attached hydrogens (tertiary/aromatic N) is 1. The molecule has 0 saturated heterocycles. The maximum atomic E-state index is 12.9. The minimum absolute atomic E-state index is 0.0348. The van der Waals surface area contributed by atoms with E-state index in [1.807, 2.05) is 0 Å². The van der Waals surface area contributed by atoms with Gasteiger partial charge in [0.2, 0.25) is 10.0 Å². The van der Waals surface area contributed by atoms with Gasteiger partial charge in [-0.25, -0.2) is 8.42 Å². The molecule has 0 aliphatic rings. The molecule has 0 unspecified atom stereocenters. The van der Waals surface area contributed by atoms with Crippen LogP contribution in [0.15, 0.2) is 77.7 Å². The highest BCUT2D eigenvalue weighted by Gasteiger charge is 2.23. The fourth-order valence-electron chi connectivity index (χ4n) is 3.23. The van der Waals surface area contributed by atoms with E-state index in [0.717, 1.165) is 0 Å². The molecule has 2 N–H and O–H groups in total. The third-order valence-electron chi connectivity index (χ3n) is 4.96. The van der Waals surface area contributed by atoms with Gasteiger partial charge in [0.05, 0.1) is 16.1 Å². The van der Waals surface area contributed by atoms with Crippen LogP contribution in [0.3, 0.4) is 0 Å². The van der Waals surface area contributed by atoms with Crippen molar-refractivity contribution in [3.63, 3.8) is 0 Å². The zero-order chi connectivity index (χ0) is 24.0. The molecule has 3 aromatic carbocycles. The van der Waals surface area contributed by atoms with Crippen molar-refractivity contribution in [2.45, 2.75) is 18.7 Å². The monoisotopic (exact) mass is 485 g/mol. The molecule has 0 radical (unpaired) electrons. The van der Waals surface area contributed by atoms with E-state index in [0.29, 0.717) is 29.5 Å². The molecule has 2 amide bonds. The predicted octanol–water partition coefficient (Wildman–Crippen LogP) is 4.88. The number of benzene rings is 3. The van der Waals surface area contributed by atoms with Gasteiger partial charge >= 0.3 is 0 Å². The highest BCUT2D eigenvalue weighted by Crippen LogP contribution is 2.21. The zero-order valence-electron chi connectivity index (χ0n) is 18.2. The van der Waals surface area contributed by atoms with Crippen LogP contribution < -0.4 is 10.6 Å². The normalized spacial score (nSPS) is 11.3. The Bertz CT molecular complexity index is 1260. The van der Waals surface area contributed by atoms with Crippen LogP contribution in [0, 0.1) is 0 Å². The summed E-state index contributed by atoms with van der Waals surface area (Å²) in [6.07, 6.45) is 0. The second-order valence-electron chi connectivity index (χ2n) is 7.08. The molecule has 3 rings (SSSR count). The lowest BCUT2D eigenvalue weighted by Gasteiger charge is -2.18. The summed E-state index contributed by atoms with van der Waals surface area (Å²) >= 11 is 5.88. The molecular weight excluding hydrogens is 462 g/mol. The van der Waals surface area contributed by atoms with E-state index in [1.54, 1.807) is 62.4 Å². The lowest BCUT2D eigenvalue weighted by atomic mass is 10.1. The maximum absolute atomic E-state index is 12.9. The highest BCUT2D eigenvalue weighted by molar-refractivity contribution is 7.89. The van der Waals surface area contributed by atoms with Gasteiger partial charge in [-0.3, -0.25) is 9.59 Å². The van der Waals surface area contributed by atoms with E-state index in [9.17, 15) is 18.0 Å². The van der Waals surface area contributed by atoms with Crippen molar-refractivity contribution in [3.05, 3.63) is 88.9 Å². The van der Waals surface area contributed by atoms with Crippen LogP contribution in [-0.2, 0) is 10.0 Å². The first-order chi connectivity index (χ1) is 15.8. The molecule has 0 fully saturated rings. The largest absolute Gasteiger partial charge is 0.322 e. The summed E-state index contributed by atoms with van der Waals surface area (Å²) in [5.74, 6) is -0.940. The van der Waals surface area contributed by atoms with Crippen LogP contribution in [0.4, 0.5) is 11.4 Å². The number of rotatable bonds is 8. The number of hydrogen-bond donors (Lipinski definition) is 2. The number of amides is 2. The van der Waals surface area contributed by atoms with Crippen molar-refractivity contribution in [3.8, 4) is 0 Å². The minimum Gasteiger partial charge on any atom is -0.322 e. The lowest BCUT2D eigenvalue weighted by molar-refractivity contribution is 0.102. The topological polar surface area (TPSA) is 95.6 Å². The number of anilines is 2. The van der Waals surface area contributed by atoms with Crippen molar-refractivity contribution < 1.29 is 18.0 Å². The average molecular weight is 486 g/mol. The number of halogens is 1. The van der Waals surface area contributed by atoms with E-state index in [2.05, 4.69) is 10.6 Å². The van der Waals surface area contributed by atoms with E-state index < -0.39 is 21.8 Å². The van der Waals surface area contributed by atoms with Crippen LogP contribution in [-0.4, -0.2) is 37.6 Å². The van der Waals surface area contributed by atoms with Crippen molar-refractivity contribution in [2.75, 3.05) is 23.7 Å². The smallest absolute Gasteiger partial charge is 0.257 e. The average Bonchev–Trinajstić information content (AvgIpc) is 2.81. The molecule has 0 spiro atoms. The predicted molar refractivity (Wildman–Crippen MR) is 130 cm³/mol. The van der Waals surface area contributed by atoms with Gasteiger partial charge < -0.3 is 10.6 Å². The van der Waals surface area contributed by atoms with Crippen molar-refractivity contribution >= 4 is 44.8 Å². The van der Waals surface area contributed by atoms with Gasteiger partial charge in [0.1, 0.15) is 0 Å². The first-order valence-electron chi connectivity index (χ1n) is 10.3. The summed E-state index contributed by atoms with van der Waals surface area (Å²) in [7, 11) is -3.71. The standard InChI is InChI=1S/C24H24ClN3O4S/c1-3-28(4-2)33(31,32)20-9-7-8-17(16-20)23(29)27-22-11-6-5-10-21(22)24(30)26-19-14-12-18(25)13-15-19/h5-16H,3-4H2,1-2H3,(H,26,30)(H,27,29). The Morgan fingerprint density at radius 1 is 0.848 bits per heavy atom. The Balaban J connectivity index is 1.83. The molecule has 0 aromatic heterocycles. The summed E-state index contributed by atoms with van der Waals surface area (Å²) in [6, 6.07) is 19.0. The van der Waals surface area contributed by atoms with E-state index in [-0.39, 0.29) is 16.0 Å². The second kappa shape index (κ2) is 10.6. The number of carbonyl (C=O) groups is 2. The number of para-hydroxylation sites is 1. The Morgan fingerprint density at radius 2 is 1.52 bits per heavy atom. The number of carbonyl (C=O) groups excluding carboxylic acids is 2. The van der Waals surface area contributed by atoms with Gasteiger partial charge in [-0.2, -0.15) is 4.31 Å². The van der Waals surface area contributed by atoms with Crippen LogP contribution in [0.5, 0.6) is 0 Å². The minimum atomic E-state index is -3.71. The van der Waals surface area contributed by atoms with Crippen molar-refractivity contribution in [1.82, 2.24) is 4.31 Å². The Hall–Kier alpha value is -3.20. The van der Waals surface area contributed by atoms with Crippen molar-refractivity contribution in [1.29, 1.82) is 0 Å². The van der Waals surface area contributed by atoms with E-state index in [4.69, 9.17) is 11.6 Å². The summed E-state index contributed by atoms with van der Waals surface area (Å²) in [5.41, 5.74) is 1.27. The third kappa shape index (κ3) is 5.78. The Labute approximate surface area is 198 Å². The molecule has 172 valence electrons. The fourth-order valence-corrected chi connectivity index (χ4v) is 4.86. The molecule has 7 nitrogen and oxygen atoms in total. The summed E-state index contributed by atoms with van der Waals surface area (Å²) in [6.45, 7) is 4.16. The third-order valence-corrected chi connectivity index (χ3v) is 7.26. The summed E-state index contributed by atoms with van der Waals surface area (Å²) in [5, 5.41) is 6.02. The number of sulfonamides is 1. The molecule has 0 aliphatic carbocycles. The Kier molecular flexibility index (Phi) is 7.86. The fraction of sp³-hybridized carbons (Fsp3) is 0.167. The van der Waals surface area contributed by atoms with Gasteiger partial charge in [-0.1, -0.05) is 43.6 Å². The molecule has 0 bridgehead atoms. The van der Waals surface area contributed by atoms with E-state index >= 15 is 0 Å². The van der Waals surface area contributed by atoms with Crippen LogP contribution in [0.25, 0.3) is 0 Å². The molecular formula is C24H24ClN3O4S. The number of nitrogens with one attached hydrogen (secondary N) is 2. The molecule has 9 heteroatoms. The van der Waals surface area contributed by atoms with Crippen LogP contribution >= 0.6 is 11.6 Å². The van der Waals surface area contributed by atoms with Gasteiger partial charge in [-0.05, 0) is 54.6 Å². The van der Waals surface area contributed by atoms with Crippen molar-refractivity contribution in [2.24, 2.45) is 0 Å². The van der Waals surface area contributed by atoms with Crippen LogP contribution in [0.1, 0.15) is 34.6 Å². The number of hydrogen-bond acceptors (Lipinski definition) is 4. The lowest BCUT2D eigenvalue weighted by Crippen LogP contribution is -2.30. The zero-order valence-corrected chi connectivity index (χ0v) is 19.8. The van der Waals surface area contributed by atoms with Gasteiger partial charge in [0.15, 0.2) is 0 Å². The summed E-state index contributed by atoms with van der Waals surface area (Å²) in [4.78, 5) is 25.7. The molecule has 0 saturated carbocycles. The summed E-state index contributed by atoms with van der Waals surface area (Å²) < 4.78 is 26.9. The second-order valence-corrected chi connectivity index (χ2v) is 9.45. The molecule has 33 heavy (non-hydrogen) atoms. The molecule has 0 atom stereocenters. The van der Waals surface area contributed by atoms with E-state index in [1.165, 1.54) is 28.6 Å². The first kappa shape index (κ1) is 24.4. The maximum Gasteiger partial charge on any atom is 0.257 e. The molecule has 0 heterocycles. The Morgan fingerprint density at radius 3 is 2.18 bits per heavy atom. The quantitative estimate of drug-likeness (QED) is 0.475. The molecule has 0 aliphatic heterocycles.